The molecule has 0 aliphatic carbocycles. The molecule has 1 aromatic carbocycles. The molecule has 1 atom stereocenters. The fourth-order valence-electron chi connectivity index (χ4n) is 2.21. The van der Waals surface area contributed by atoms with Gasteiger partial charge >= 0.3 is 0 Å². The van der Waals surface area contributed by atoms with Gasteiger partial charge in [0, 0.05) is 6.04 Å². The lowest BCUT2D eigenvalue weighted by Crippen LogP contribution is -2.22. The van der Waals surface area contributed by atoms with Crippen LogP contribution in [0.25, 0.3) is 0 Å². The van der Waals surface area contributed by atoms with Crippen LogP contribution in [0.15, 0.2) is 22.7 Å². The number of halogens is 2. The molecule has 0 amide bonds. The third-order valence-corrected chi connectivity index (χ3v) is 3.94. The lowest BCUT2D eigenvalue weighted by atomic mass is 10.00. The zero-order valence-corrected chi connectivity index (χ0v) is 13.6. The van der Waals surface area contributed by atoms with Crippen LogP contribution in [0.3, 0.4) is 0 Å². The van der Waals surface area contributed by atoms with Gasteiger partial charge in [0.2, 0.25) is 0 Å². The number of hydrogen-bond donors (Lipinski definition) is 1. The quantitative estimate of drug-likeness (QED) is 0.581. The summed E-state index contributed by atoms with van der Waals surface area (Å²) in [6.07, 6.45) is 7.31. The Morgan fingerprint density at radius 1 is 1.16 bits per heavy atom. The first kappa shape index (κ1) is 16.6. The average Bonchev–Trinajstić information content (AvgIpc) is 2.41. The summed E-state index contributed by atoms with van der Waals surface area (Å²) in [5, 5.41) is 3.57. The molecule has 0 spiro atoms. The summed E-state index contributed by atoms with van der Waals surface area (Å²) in [7, 11) is 0. The Hall–Kier alpha value is -0.410. The van der Waals surface area contributed by atoms with Gasteiger partial charge in [0.1, 0.15) is 5.82 Å². The highest BCUT2D eigenvalue weighted by atomic mass is 79.9. The Kier molecular flexibility index (Phi) is 8.31. The summed E-state index contributed by atoms with van der Waals surface area (Å²) in [6.45, 7) is 5.40. The molecular weight excluding hydrogens is 305 g/mol. The minimum atomic E-state index is -0.191. The van der Waals surface area contributed by atoms with Gasteiger partial charge in [-0.2, -0.15) is 0 Å². The van der Waals surface area contributed by atoms with E-state index >= 15 is 0 Å². The minimum absolute atomic E-state index is 0.191. The van der Waals surface area contributed by atoms with Gasteiger partial charge < -0.3 is 5.32 Å². The van der Waals surface area contributed by atoms with Crippen molar-refractivity contribution in [1.29, 1.82) is 0 Å². The van der Waals surface area contributed by atoms with Gasteiger partial charge in [-0.15, -0.1) is 0 Å². The van der Waals surface area contributed by atoms with Gasteiger partial charge in [0.25, 0.3) is 0 Å². The maximum absolute atomic E-state index is 13.3. The van der Waals surface area contributed by atoms with Gasteiger partial charge in [-0.05, 0) is 53.0 Å². The van der Waals surface area contributed by atoms with E-state index in [0.29, 0.717) is 10.5 Å². The molecule has 1 rings (SSSR count). The van der Waals surface area contributed by atoms with Crippen molar-refractivity contribution in [1.82, 2.24) is 5.32 Å². The summed E-state index contributed by atoms with van der Waals surface area (Å²) in [6, 6.07) is 5.69. The van der Waals surface area contributed by atoms with E-state index in [1.807, 2.05) is 12.1 Å². The second-order valence-corrected chi connectivity index (χ2v) is 5.88. The second kappa shape index (κ2) is 9.49. The molecule has 1 unspecified atom stereocenters. The molecule has 0 saturated heterocycles. The van der Waals surface area contributed by atoms with Crippen molar-refractivity contribution in [2.75, 3.05) is 6.54 Å². The van der Waals surface area contributed by atoms with Gasteiger partial charge in [0.05, 0.1) is 4.47 Å². The SMILES string of the molecule is CCCCCCC(NCCC)c1ccc(F)c(Br)c1. The molecular formula is C16H25BrFN. The van der Waals surface area contributed by atoms with Crippen LogP contribution in [-0.4, -0.2) is 6.54 Å². The van der Waals surface area contributed by atoms with Gasteiger partial charge in [-0.1, -0.05) is 45.6 Å². The van der Waals surface area contributed by atoms with E-state index in [0.717, 1.165) is 19.4 Å². The van der Waals surface area contributed by atoms with E-state index < -0.39 is 0 Å². The van der Waals surface area contributed by atoms with E-state index in [4.69, 9.17) is 0 Å². The maximum atomic E-state index is 13.3. The molecule has 0 fully saturated rings. The van der Waals surface area contributed by atoms with Crippen LogP contribution in [0.2, 0.25) is 0 Å². The van der Waals surface area contributed by atoms with Crippen LogP contribution in [0.4, 0.5) is 4.39 Å². The van der Waals surface area contributed by atoms with Crippen molar-refractivity contribution < 1.29 is 4.39 Å². The Labute approximate surface area is 125 Å². The van der Waals surface area contributed by atoms with Crippen LogP contribution >= 0.6 is 15.9 Å². The van der Waals surface area contributed by atoms with Crippen LogP contribution in [-0.2, 0) is 0 Å². The van der Waals surface area contributed by atoms with E-state index in [2.05, 4.69) is 35.1 Å². The second-order valence-electron chi connectivity index (χ2n) is 5.03. The first-order chi connectivity index (χ1) is 9.19. The lowest BCUT2D eigenvalue weighted by molar-refractivity contribution is 0.469. The van der Waals surface area contributed by atoms with Crippen molar-refractivity contribution >= 4 is 15.9 Å². The van der Waals surface area contributed by atoms with Gasteiger partial charge in [-0.25, -0.2) is 4.39 Å². The minimum Gasteiger partial charge on any atom is -0.310 e. The Morgan fingerprint density at radius 2 is 1.95 bits per heavy atom. The number of hydrogen-bond acceptors (Lipinski definition) is 1. The lowest BCUT2D eigenvalue weighted by Gasteiger charge is -2.19. The van der Waals surface area contributed by atoms with E-state index in [9.17, 15) is 4.39 Å². The first-order valence-corrected chi connectivity index (χ1v) is 8.16. The standard InChI is InChI=1S/C16H25BrFN/c1-3-5-6-7-8-16(19-11-4-2)13-9-10-15(18)14(17)12-13/h9-10,12,16,19H,3-8,11H2,1-2H3. The molecule has 0 radical (unpaired) electrons. The highest BCUT2D eigenvalue weighted by Crippen LogP contribution is 2.25. The molecule has 0 aliphatic heterocycles. The van der Waals surface area contributed by atoms with Crippen molar-refractivity contribution in [2.45, 2.75) is 58.4 Å². The molecule has 1 aromatic rings. The summed E-state index contributed by atoms with van der Waals surface area (Å²) in [4.78, 5) is 0. The molecule has 0 heterocycles. The summed E-state index contributed by atoms with van der Waals surface area (Å²) in [5.74, 6) is -0.191. The number of benzene rings is 1. The molecule has 0 bridgehead atoms. The molecule has 0 aliphatic rings. The van der Waals surface area contributed by atoms with Crippen LogP contribution < -0.4 is 5.32 Å². The predicted molar refractivity (Wildman–Crippen MR) is 83.9 cm³/mol. The molecule has 0 saturated carbocycles. The largest absolute Gasteiger partial charge is 0.310 e. The van der Waals surface area contributed by atoms with Gasteiger partial charge in [-0.3, -0.25) is 0 Å². The highest BCUT2D eigenvalue weighted by molar-refractivity contribution is 9.10. The normalized spacial score (nSPS) is 12.6. The first-order valence-electron chi connectivity index (χ1n) is 7.37. The molecule has 1 nitrogen and oxygen atoms in total. The zero-order chi connectivity index (χ0) is 14.1. The molecule has 1 N–H and O–H groups in total. The Bertz CT molecular complexity index is 368. The average molecular weight is 330 g/mol. The highest BCUT2D eigenvalue weighted by Gasteiger charge is 2.12. The van der Waals surface area contributed by atoms with Gasteiger partial charge in [0.15, 0.2) is 0 Å². The maximum Gasteiger partial charge on any atom is 0.137 e. The van der Waals surface area contributed by atoms with Crippen LogP contribution in [0, 0.1) is 5.82 Å². The number of unbranched alkanes of at least 4 members (excludes halogenated alkanes) is 3. The molecule has 3 heteroatoms. The van der Waals surface area contributed by atoms with Crippen molar-refractivity contribution in [2.24, 2.45) is 0 Å². The predicted octanol–water partition coefficient (Wildman–Crippen LogP) is 5.60. The van der Waals surface area contributed by atoms with Crippen molar-refractivity contribution in [3.8, 4) is 0 Å². The van der Waals surface area contributed by atoms with E-state index in [1.54, 1.807) is 6.07 Å². The zero-order valence-electron chi connectivity index (χ0n) is 12.0. The third kappa shape index (κ3) is 6.05. The fraction of sp³-hybridized carbons (Fsp3) is 0.625. The summed E-state index contributed by atoms with van der Waals surface area (Å²) >= 11 is 3.27. The number of rotatable bonds is 9. The summed E-state index contributed by atoms with van der Waals surface area (Å²) < 4.78 is 13.9. The fourth-order valence-corrected chi connectivity index (χ4v) is 2.61. The topological polar surface area (TPSA) is 12.0 Å². The molecule has 108 valence electrons. The van der Waals surface area contributed by atoms with Crippen molar-refractivity contribution in [3.63, 3.8) is 0 Å². The number of nitrogens with one attached hydrogen (secondary N) is 1. The third-order valence-electron chi connectivity index (χ3n) is 3.33. The van der Waals surface area contributed by atoms with Crippen LogP contribution in [0.5, 0.6) is 0 Å². The molecule has 0 aromatic heterocycles. The van der Waals surface area contributed by atoms with Crippen LogP contribution in [0.1, 0.15) is 64.0 Å². The summed E-state index contributed by atoms with van der Waals surface area (Å²) in [5.41, 5.74) is 1.18. The monoisotopic (exact) mass is 329 g/mol. The smallest absolute Gasteiger partial charge is 0.137 e. The van der Waals surface area contributed by atoms with Crippen molar-refractivity contribution in [3.05, 3.63) is 34.1 Å². The Balaban J connectivity index is 2.63. The Morgan fingerprint density at radius 3 is 2.58 bits per heavy atom. The molecule has 19 heavy (non-hydrogen) atoms. The van der Waals surface area contributed by atoms with E-state index in [1.165, 1.54) is 31.2 Å². The van der Waals surface area contributed by atoms with E-state index in [-0.39, 0.29) is 5.82 Å².